The molecule has 3 saturated heterocycles. The molecule has 4 aliphatic heterocycles. The van der Waals surface area contributed by atoms with Gasteiger partial charge in [-0.1, -0.05) is 6.07 Å². The molecule has 0 amide bonds. The first-order valence-electron chi connectivity index (χ1n) is 12.1. The largest absolute Gasteiger partial charge is 0.492 e. The number of ether oxygens (including phenoxy) is 2. The van der Waals surface area contributed by atoms with Crippen molar-refractivity contribution in [2.45, 2.75) is 36.5 Å². The Hall–Kier alpha value is -2.45. The van der Waals surface area contributed by atoms with Crippen LogP contribution >= 0.6 is 0 Å². The van der Waals surface area contributed by atoms with Gasteiger partial charge in [-0.05, 0) is 91.9 Å². The minimum atomic E-state index is -1.68. The van der Waals surface area contributed by atoms with Crippen molar-refractivity contribution in [1.82, 2.24) is 4.90 Å². The fourth-order valence-corrected chi connectivity index (χ4v) is 7.14. The van der Waals surface area contributed by atoms with Crippen LogP contribution in [0.4, 0.5) is 10.1 Å². The standard InChI is InChI=1S/C26H29FN2O4S/c1-32-26(30)24-22(4-3-20-21-12-18(21)14-33-25(20)24)28-34(31)23-5-2-19(27)11-16(23)10-17-13-29-8-6-15(17)7-9-29/h2-5,11,15,17-18,21,28H,6-10,12-14H2,1H3/t17?,18-,21-,34?/m0/s1. The second kappa shape index (κ2) is 8.64. The first kappa shape index (κ1) is 22.0. The molecule has 4 fully saturated rings. The second-order valence-electron chi connectivity index (χ2n) is 10.0. The molecule has 180 valence electrons. The summed E-state index contributed by atoms with van der Waals surface area (Å²) in [4.78, 5) is 15.7. The molecule has 1 aliphatic carbocycles. The van der Waals surface area contributed by atoms with Crippen molar-refractivity contribution in [3.8, 4) is 5.75 Å². The summed E-state index contributed by atoms with van der Waals surface area (Å²) < 4.78 is 41.7. The van der Waals surface area contributed by atoms with Crippen molar-refractivity contribution < 1.29 is 22.9 Å². The average molecular weight is 485 g/mol. The van der Waals surface area contributed by atoms with Crippen LogP contribution in [0.1, 0.15) is 46.7 Å². The van der Waals surface area contributed by atoms with E-state index in [4.69, 9.17) is 9.47 Å². The summed E-state index contributed by atoms with van der Waals surface area (Å²) in [7, 11) is -0.351. The van der Waals surface area contributed by atoms with Crippen molar-refractivity contribution in [3.63, 3.8) is 0 Å². The van der Waals surface area contributed by atoms with Crippen molar-refractivity contribution in [1.29, 1.82) is 0 Å². The molecule has 4 atom stereocenters. The Morgan fingerprint density at radius 1 is 1.24 bits per heavy atom. The van der Waals surface area contributed by atoms with Gasteiger partial charge in [0.25, 0.3) is 0 Å². The van der Waals surface area contributed by atoms with E-state index >= 15 is 0 Å². The van der Waals surface area contributed by atoms with Crippen LogP contribution in [-0.2, 0) is 22.1 Å². The lowest BCUT2D eigenvalue weighted by atomic mass is 9.76. The van der Waals surface area contributed by atoms with Gasteiger partial charge in [0.15, 0.2) is 11.0 Å². The Morgan fingerprint density at radius 3 is 2.79 bits per heavy atom. The second-order valence-corrected chi connectivity index (χ2v) is 11.2. The van der Waals surface area contributed by atoms with E-state index in [0.29, 0.717) is 53.0 Å². The number of carbonyl (C=O) groups excluding carboxylic acids is 1. The average Bonchev–Trinajstić information content (AvgIpc) is 3.64. The zero-order valence-corrected chi connectivity index (χ0v) is 20.0. The maximum atomic E-state index is 14.2. The van der Waals surface area contributed by atoms with E-state index in [1.165, 1.54) is 32.1 Å². The Kier molecular flexibility index (Phi) is 5.60. The molecule has 2 unspecified atom stereocenters. The number of benzene rings is 2. The van der Waals surface area contributed by atoms with Gasteiger partial charge in [-0.2, -0.15) is 0 Å². The van der Waals surface area contributed by atoms with Gasteiger partial charge in [0, 0.05) is 12.5 Å². The molecule has 8 heteroatoms. The molecular weight excluding hydrogens is 455 g/mol. The van der Waals surface area contributed by atoms with E-state index in [2.05, 4.69) is 9.62 Å². The molecule has 2 aromatic rings. The molecule has 0 radical (unpaired) electrons. The maximum absolute atomic E-state index is 14.2. The molecule has 1 saturated carbocycles. The maximum Gasteiger partial charge on any atom is 0.343 e. The van der Waals surface area contributed by atoms with Crippen LogP contribution < -0.4 is 9.46 Å². The number of piperidine rings is 3. The van der Waals surface area contributed by atoms with Gasteiger partial charge in [-0.25, -0.2) is 13.4 Å². The van der Waals surface area contributed by atoms with Gasteiger partial charge in [0.05, 0.1) is 24.3 Å². The Labute approximate surface area is 201 Å². The van der Waals surface area contributed by atoms with Gasteiger partial charge in [0.1, 0.15) is 17.1 Å². The molecule has 6 nitrogen and oxygen atoms in total. The fraction of sp³-hybridized carbons (Fsp3) is 0.500. The van der Waals surface area contributed by atoms with E-state index in [1.54, 1.807) is 12.1 Å². The number of rotatable bonds is 6. The predicted octanol–water partition coefficient (Wildman–Crippen LogP) is 4.13. The van der Waals surface area contributed by atoms with Crippen LogP contribution in [0, 0.1) is 23.6 Å². The van der Waals surface area contributed by atoms with Gasteiger partial charge < -0.3 is 19.1 Å². The van der Waals surface area contributed by atoms with E-state index in [-0.39, 0.29) is 11.4 Å². The summed E-state index contributed by atoms with van der Waals surface area (Å²) in [6.07, 6.45) is 4.11. The number of nitrogens with zero attached hydrogens (tertiary/aromatic N) is 1. The highest BCUT2D eigenvalue weighted by molar-refractivity contribution is 7.86. The monoisotopic (exact) mass is 484 g/mol. The lowest BCUT2D eigenvalue weighted by molar-refractivity contribution is 0.0509. The first-order chi connectivity index (χ1) is 16.5. The van der Waals surface area contributed by atoms with E-state index in [1.807, 2.05) is 6.07 Å². The van der Waals surface area contributed by atoms with Crippen LogP contribution in [0.3, 0.4) is 0 Å². The molecule has 4 heterocycles. The normalized spacial score (nSPS) is 29.4. The third-order valence-electron chi connectivity index (χ3n) is 8.04. The number of carbonyl (C=O) groups is 1. The van der Waals surface area contributed by atoms with Crippen LogP contribution in [0.5, 0.6) is 5.75 Å². The zero-order chi connectivity index (χ0) is 23.4. The van der Waals surface area contributed by atoms with Crippen LogP contribution in [-0.4, -0.2) is 48.4 Å². The highest BCUT2D eigenvalue weighted by Crippen LogP contribution is 2.55. The summed E-state index contributed by atoms with van der Waals surface area (Å²) in [6.45, 7) is 3.87. The molecule has 34 heavy (non-hydrogen) atoms. The van der Waals surface area contributed by atoms with Crippen LogP contribution in [0.15, 0.2) is 35.2 Å². The van der Waals surface area contributed by atoms with Gasteiger partial charge >= 0.3 is 5.97 Å². The topological polar surface area (TPSA) is 67.9 Å². The highest BCUT2D eigenvalue weighted by Gasteiger charge is 2.45. The number of methoxy groups -OCH3 is 1. The molecule has 2 aromatic carbocycles. The molecular formula is C26H29FN2O4S. The number of hydrogen-bond donors (Lipinski definition) is 1. The lowest BCUT2D eigenvalue weighted by Gasteiger charge is -2.45. The third kappa shape index (κ3) is 3.90. The Balaban J connectivity index is 1.30. The number of hydrogen-bond acceptors (Lipinski definition) is 5. The van der Waals surface area contributed by atoms with Gasteiger partial charge in [0.2, 0.25) is 0 Å². The highest BCUT2D eigenvalue weighted by atomic mass is 32.2. The zero-order valence-electron chi connectivity index (χ0n) is 19.2. The summed E-state index contributed by atoms with van der Waals surface area (Å²) in [5.41, 5.74) is 2.46. The minimum Gasteiger partial charge on any atom is -0.492 e. The van der Waals surface area contributed by atoms with Crippen molar-refractivity contribution in [2.24, 2.45) is 17.8 Å². The summed E-state index contributed by atoms with van der Waals surface area (Å²) in [5.74, 6) is 1.68. The molecule has 0 aromatic heterocycles. The van der Waals surface area contributed by atoms with Gasteiger partial charge in [-0.15, -0.1) is 0 Å². The molecule has 0 spiro atoms. The van der Waals surface area contributed by atoms with Crippen LogP contribution in [0.2, 0.25) is 0 Å². The Morgan fingerprint density at radius 2 is 2.06 bits per heavy atom. The van der Waals surface area contributed by atoms with E-state index < -0.39 is 17.0 Å². The molecule has 2 bridgehead atoms. The minimum absolute atomic E-state index is 0.278. The van der Waals surface area contributed by atoms with E-state index in [9.17, 15) is 13.4 Å². The predicted molar refractivity (Wildman–Crippen MR) is 127 cm³/mol. The SMILES string of the molecule is COC(=O)c1c(NS(=O)c2ccc(F)cc2CC2CN3CCC2CC3)ccc2c1OC[C@@H]1C[C@H]21. The quantitative estimate of drug-likeness (QED) is 0.625. The molecule has 7 rings (SSSR count). The Bertz CT molecular complexity index is 1160. The van der Waals surface area contributed by atoms with Crippen molar-refractivity contribution in [2.75, 3.05) is 38.1 Å². The molecule has 1 N–H and O–H groups in total. The number of fused-ring (bicyclic) bond motifs is 6. The molecule has 5 aliphatic rings. The number of nitrogens with one attached hydrogen (secondary N) is 1. The summed E-state index contributed by atoms with van der Waals surface area (Å²) >= 11 is 0. The van der Waals surface area contributed by atoms with Crippen molar-refractivity contribution >= 4 is 22.6 Å². The van der Waals surface area contributed by atoms with Crippen molar-refractivity contribution in [3.05, 3.63) is 52.8 Å². The lowest BCUT2D eigenvalue weighted by Crippen LogP contribution is -2.48. The first-order valence-corrected chi connectivity index (χ1v) is 13.2. The third-order valence-corrected chi connectivity index (χ3v) is 9.24. The van der Waals surface area contributed by atoms with Crippen LogP contribution in [0.25, 0.3) is 0 Å². The number of esters is 1. The fourth-order valence-electron chi connectivity index (χ4n) is 6.08. The number of halogens is 1. The smallest absolute Gasteiger partial charge is 0.343 e. The number of anilines is 1. The summed E-state index contributed by atoms with van der Waals surface area (Å²) in [5, 5.41) is 0. The van der Waals surface area contributed by atoms with E-state index in [0.717, 1.165) is 37.2 Å². The summed E-state index contributed by atoms with van der Waals surface area (Å²) in [6, 6.07) is 8.18. The van der Waals surface area contributed by atoms with Gasteiger partial charge in [-0.3, -0.25) is 0 Å².